The molecule has 19 heavy (non-hydrogen) atoms. The number of alkyl halides is 1. The van der Waals surface area contributed by atoms with Gasteiger partial charge in [-0.1, -0.05) is 29.8 Å². The number of rotatable bonds is 3. The first-order chi connectivity index (χ1) is 8.99. The Morgan fingerprint density at radius 3 is 2.79 bits per heavy atom. The van der Waals surface area contributed by atoms with E-state index in [4.69, 9.17) is 9.72 Å². The number of aryl methyl sites for hydroxylation is 1. The molecule has 0 spiro atoms. The SMILES string of the molecule is Cc1cc(N2CC(C)OC(CBr)C2)nc(C(C)C)n1. The van der Waals surface area contributed by atoms with Crippen molar-refractivity contribution in [2.75, 3.05) is 23.3 Å². The molecule has 0 aromatic carbocycles. The zero-order valence-electron chi connectivity index (χ0n) is 12.1. The summed E-state index contributed by atoms with van der Waals surface area (Å²) < 4.78 is 5.86. The monoisotopic (exact) mass is 327 g/mol. The summed E-state index contributed by atoms with van der Waals surface area (Å²) in [7, 11) is 0. The third-order valence-electron chi connectivity index (χ3n) is 3.20. The van der Waals surface area contributed by atoms with Crippen molar-refractivity contribution >= 4 is 21.7 Å². The minimum absolute atomic E-state index is 0.224. The van der Waals surface area contributed by atoms with Crippen molar-refractivity contribution in [2.24, 2.45) is 0 Å². The second-order valence-corrected chi connectivity index (χ2v) is 6.16. The van der Waals surface area contributed by atoms with Crippen molar-refractivity contribution < 1.29 is 4.74 Å². The quantitative estimate of drug-likeness (QED) is 0.800. The molecule has 1 aromatic heterocycles. The Morgan fingerprint density at radius 1 is 1.42 bits per heavy atom. The van der Waals surface area contributed by atoms with Gasteiger partial charge in [0.15, 0.2) is 0 Å². The molecule has 1 aliphatic heterocycles. The summed E-state index contributed by atoms with van der Waals surface area (Å²) in [4.78, 5) is 11.5. The fourth-order valence-electron chi connectivity index (χ4n) is 2.31. The Labute approximate surface area is 123 Å². The van der Waals surface area contributed by atoms with E-state index < -0.39 is 0 Å². The van der Waals surface area contributed by atoms with E-state index in [0.29, 0.717) is 5.92 Å². The van der Waals surface area contributed by atoms with Gasteiger partial charge in [0, 0.05) is 36.1 Å². The highest BCUT2D eigenvalue weighted by Gasteiger charge is 2.26. The lowest BCUT2D eigenvalue weighted by atomic mass is 10.2. The summed E-state index contributed by atoms with van der Waals surface area (Å²) in [6, 6.07) is 2.06. The molecule has 0 amide bonds. The maximum atomic E-state index is 5.86. The van der Waals surface area contributed by atoms with E-state index in [1.807, 2.05) is 6.92 Å². The highest BCUT2D eigenvalue weighted by molar-refractivity contribution is 9.09. The van der Waals surface area contributed by atoms with Crippen molar-refractivity contribution in [3.8, 4) is 0 Å². The van der Waals surface area contributed by atoms with Crippen LogP contribution in [0.3, 0.4) is 0 Å². The number of aromatic nitrogens is 2. The first kappa shape index (κ1) is 14.7. The van der Waals surface area contributed by atoms with Crippen molar-refractivity contribution in [3.63, 3.8) is 0 Å². The first-order valence-electron chi connectivity index (χ1n) is 6.81. The number of anilines is 1. The normalized spacial score (nSPS) is 24.0. The molecule has 1 fully saturated rings. The molecular weight excluding hydrogens is 306 g/mol. The molecule has 1 saturated heterocycles. The predicted octanol–water partition coefficient (Wildman–Crippen LogP) is 2.90. The van der Waals surface area contributed by atoms with Crippen LogP contribution in [0.15, 0.2) is 6.07 Å². The predicted molar refractivity (Wildman–Crippen MR) is 81.2 cm³/mol. The van der Waals surface area contributed by atoms with E-state index in [1.165, 1.54) is 0 Å². The highest BCUT2D eigenvalue weighted by Crippen LogP contribution is 2.22. The molecule has 2 atom stereocenters. The summed E-state index contributed by atoms with van der Waals surface area (Å²) in [5, 5.41) is 0.856. The standard InChI is InChI=1S/C14H22BrN3O/c1-9(2)14-16-10(3)5-13(17-14)18-7-11(4)19-12(6-15)8-18/h5,9,11-12H,6-8H2,1-4H3. The second-order valence-electron chi connectivity index (χ2n) is 5.51. The highest BCUT2D eigenvalue weighted by atomic mass is 79.9. The third kappa shape index (κ3) is 3.66. The maximum absolute atomic E-state index is 5.86. The third-order valence-corrected chi connectivity index (χ3v) is 3.92. The molecule has 0 aliphatic carbocycles. The molecule has 2 rings (SSSR count). The van der Waals surface area contributed by atoms with Crippen LogP contribution in [-0.2, 0) is 4.74 Å². The average Bonchev–Trinajstić information content (AvgIpc) is 2.37. The van der Waals surface area contributed by atoms with Gasteiger partial charge in [-0.3, -0.25) is 0 Å². The maximum Gasteiger partial charge on any atom is 0.133 e. The van der Waals surface area contributed by atoms with Crippen LogP contribution < -0.4 is 4.90 Å². The van der Waals surface area contributed by atoms with Crippen LogP contribution in [0.2, 0.25) is 0 Å². The van der Waals surface area contributed by atoms with Crippen LogP contribution in [0.4, 0.5) is 5.82 Å². The van der Waals surface area contributed by atoms with Gasteiger partial charge in [0.05, 0.1) is 12.2 Å². The lowest BCUT2D eigenvalue weighted by Crippen LogP contribution is -2.47. The van der Waals surface area contributed by atoms with Gasteiger partial charge in [-0.25, -0.2) is 9.97 Å². The first-order valence-corrected chi connectivity index (χ1v) is 7.93. The Balaban J connectivity index is 2.25. The number of halogens is 1. The van der Waals surface area contributed by atoms with Gasteiger partial charge in [-0.15, -0.1) is 0 Å². The molecule has 2 unspecified atom stereocenters. The van der Waals surface area contributed by atoms with Crippen molar-refractivity contribution in [2.45, 2.75) is 45.8 Å². The van der Waals surface area contributed by atoms with Crippen molar-refractivity contribution in [1.82, 2.24) is 9.97 Å². The Bertz CT molecular complexity index is 439. The largest absolute Gasteiger partial charge is 0.371 e. The number of hydrogen-bond donors (Lipinski definition) is 0. The van der Waals surface area contributed by atoms with E-state index in [0.717, 1.165) is 35.8 Å². The Morgan fingerprint density at radius 2 is 2.16 bits per heavy atom. The zero-order chi connectivity index (χ0) is 14.0. The molecule has 1 aromatic rings. The summed E-state index contributed by atoms with van der Waals surface area (Å²) in [6.45, 7) is 10.2. The number of morpholine rings is 1. The van der Waals surface area contributed by atoms with Crippen LogP contribution in [0, 0.1) is 6.92 Å². The molecule has 1 aliphatic rings. The van der Waals surface area contributed by atoms with Crippen LogP contribution in [0.25, 0.3) is 0 Å². The van der Waals surface area contributed by atoms with E-state index in [-0.39, 0.29) is 12.2 Å². The molecule has 5 heteroatoms. The second kappa shape index (κ2) is 6.18. The van der Waals surface area contributed by atoms with Crippen LogP contribution >= 0.6 is 15.9 Å². The summed E-state index contributed by atoms with van der Waals surface area (Å²) in [5.41, 5.74) is 1.03. The fraction of sp³-hybridized carbons (Fsp3) is 0.714. The van der Waals surface area contributed by atoms with E-state index in [1.54, 1.807) is 0 Å². The van der Waals surface area contributed by atoms with E-state index in [2.05, 4.69) is 52.7 Å². The van der Waals surface area contributed by atoms with Gasteiger partial charge in [-0.05, 0) is 13.8 Å². The minimum atomic E-state index is 0.224. The average molecular weight is 328 g/mol. The van der Waals surface area contributed by atoms with Gasteiger partial charge in [0.2, 0.25) is 0 Å². The van der Waals surface area contributed by atoms with Gasteiger partial charge < -0.3 is 9.64 Å². The topological polar surface area (TPSA) is 38.2 Å². The van der Waals surface area contributed by atoms with Crippen LogP contribution in [-0.4, -0.2) is 40.6 Å². The summed E-state index contributed by atoms with van der Waals surface area (Å²) in [5.74, 6) is 2.30. The smallest absolute Gasteiger partial charge is 0.133 e. The van der Waals surface area contributed by atoms with Gasteiger partial charge in [-0.2, -0.15) is 0 Å². The molecule has 0 radical (unpaired) electrons. The molecule has 0 bridgehead atoms. The molecule has 0 saturated carbocycles. The van der Waals surface area contributed by atoms with E-state index >= 15 is 0 Å². The number of nitrogens with zero attached hydrogens (tertiary/aromatic N) is 3. The fourth-order valence-corrected chi connectivity index (χ4v) is 2.67. The Hall–Kier alpha value is -0.680. The number of hydrogen-bond acceptors (Lipinski definition) is 4. The molecule has 106 valence electrons. The molecule has 2 heterocycles. The van der Waals surface area contributed by atoms with Gasteiger partial charge in [0.25, 0.3) is 0 Å². The van der Waals surface area contributed by atoms with Crippen LogP contribution in [0.5, 0.6) is 0 Å². The lowest BCUT2D eigenvalue weighted by molar-refractivity contribution is -0.00225. The van der Waals surface area contributed by atoms with Crippen molar-refractivity contribution in [3.05, 3.63) is 17.6 Å². The van der Waals surface area contributed by atoms with Crippen LogP contribution in [0.1, 0.15) is 38.2 Å². The zero-order valence-corrected chi connectivity index (χ0v) is 13.6. The molecular formula is C14H22BrN3O. The van der Waals surface area contributed by atoms with E-state index in [9.17, 15) is 0 Å². The summed E-state index contributed by atoms with van der Waals surface area (Å²) in [6.07, 6.45) is 0.454. The van der Waals surface area contributed by atoms with Gasteiger partial charge >= 0.3 is 0 Å². The number of ether oxygens (including phenoxy) is 1. The van der Waals surface area contributed by atoms with Crippen molar-refractivity contribution in [1.29, 1.82) is 0 Å². The lowest BCUT2D eigenvalue weighted by Gasteiger charge is -2.37. The summed E-state index contributed by atoms with van der Waals surface area (Å²) >= 11 is 3.51. The Kier molecular flexibility index (Phi) is 4.79. The van der Waals surface area contributed by atoms with Gasteiger partial charge in [0.1, 0.15) is 11.6 Å². The molecule has 0 N–H and O–H groups in total. The minimum Gasteiger partial charge on any atom is -0.371 e. The molecule has 4 nitrogen and oxygen atoms in total.